The van der Waals surface area contributed by atoms with Crippen LogP contribution in [0.2, 0.25) is 0 Å². The number of carbonyl (C=O) groups is 1. The van der Waals surface area contributed by atoms with Crippen molar-refractivity contribution in [2.24, 2.45) is 0 Å². The van der Waals surface area contributed by atoms with Gasteiger partial charge in [-0.2, -0.15) is 16.6 Å². The predicted molar refractivity (Wildman–Crippen MR) is 44.4 cm³/mol. The van der Waals surface area contributed by atoms with Crippen LogP contribution in [0.4, 0.5) is 0 Å². The van der Waals surface area contributed by atoms with Crippen molar-refractivity contribution in [2.75, 3.05) is 0 Å². The molecule has 1 atom stereocenters. The third-order valence-corrected chi connectivity index (χ3v) is 1.95. The monoisotopic (exact) mass is 181 g/mol. The van der Waals surface area contributed by atoms with E-state index in [-0.39, 0.29) is 0 Å². The zero-order chi connectivity index (χ0) is 8.97. The molecule has 1 unspecified atom stereocenters. The van der Waals surface area contributed by atoms with Gasteiger partial charge in [-0.05, 0) is 16.8 Å². The van der Waals surface area contributed by atoms with E-state index in [1.165, 1.54) is 18.3 Å². The summed E-state index contributed by atoms with van der Waals surface area (Å²) in [5, 5.41) is 12.2. The van der Waals surface area contributed by atoms with Gasteiger partial charge in [0.25, 0.3) is 0 Å². The maximum Gasteiger partial charge on any atom is 0.304 e. The number of carbonyl (C=O) groups excluding carboxylic acids is 1. The molecule has 0 spiro atoms. The first-order chi connectivity index (χ1) is 5.74. The Labute approximate surface area is 74.2 Å². The minimum absolute atomic E-state index is 0.437. The Hall–Kier alpha value is -1.34. The summed E-state index contributed by atoms with van der Waals surface area (Å²) in [6, 6.07) is 3.66. The summed E-state index contributed by atoms with van der Waals surface area (Å²) >= 11 is 1.47. The zero-order valence-electron chi connectivity index (χ0n) is 6.48. The van der Waals surface area contributed by atoms with Crippen molar-refractivity contribution in [1.82, 2.24) is 0 Å². The highest BCUT2D eigenvalue weighted by Crippen LogP contribution is 2.19. The maximum absolute atomic E-state index is 10.5. The van der Waals surface area contributed by atoms with Crippen LogP contribution in [-0.2, 0) is 9.53 Å². The second-order valence-corrected chi connectivity index (χ2v) is 2.96. The molecule has 0 aliphatic carbocycles. The van der Waals surface area contributed by atoms with Crippen LogP contribution in [0.15, 0.2) is 16.8 Å². The van der Waals surface area contributed by atoms with Crippen LogP contribution >= 0.6 is 11.3 Å². The van der Waals surface area contributed by atoms with E-state index in [2.05, 4.69) is 0 Å². The van der Waals surface area contributed by atoms with E-state index in [0.29, 0.717) is 0 Å². The molecule has 1 aromatic rings. The molecule has 0 N–H and O–H groups in total. The van der Waals surface area contributed by atoms with Crippen LogP contribution in [0.3, 0.4) is 0 Å². The summed E-state index contributed by atoms with van der Waals surface area (Å²) in [7, 11) is 0. The Morgan fingerprint density at radius 2 is 2.58 bits per heavy atom. The number of nitrogens with zero attached hydrogens (tertiary/aromatic N) is 1. The van der Waals surface area contributed by atoms with E-state index in [9.17, 15) is 4.79 Å². The standard InChI is InChI=1S/C8H7NO2S/c1-6(10)11-8(4-9)7-2-3-12-5-7/h2-3,5,8H,1H3. The van der Waals surface area contributed by atoms with Gasteiger partial charge in [0.15, 0.2) is 0 Å². The van der Waals surface area contributed by atoms with Crippen molar-refractivity contribution < 1.29 is 9.53 Å². The van der Waals surface area contributed by atoms with Crippen LogP contribution in [-0.4, -0.2) is 5.97 Å². The quantitative estimate of drug-likeness (QED) is 0.654. The van der Waals surface area contributed by atoms with Gasteiger partial charge in [0, 0.05) is 12.5 Å². The lowest BCUT2D eigenvalue weighted by molar-refractivity contribution is -0.144. The van der Waals surface area contributed by atoms with E-state index in [4.69, 9.17) is 10.00 Å². The van der Waals surface area contributed by atoms with E-state index >= 15 is 0 Å². The summed E-state index contributed by atoms with van der Waals surface area (Å²) < 4.78 is 4.75. The Morgan fingerprint density at radius 1 is 1.83 bits per heavy atom. The number of thiophene rings is 1. The Balaban J connectivity index is 2.72. The van der Waals surface area contributed by atoms with Gasteiger partial charge in [-0.25, -0.2) is 0 Å². The van der Waals surface area contributed by atoms with E-state index < -0.39 is 12.1 Å². The number of rotatable bonds is 2. The predicted octanol–water partition coefficient (Wildman–Crippen LogP) is 1.88. The van der Waals surface area contributed by atoms with Crippen LogP contribution in [0, 0.1) is 11.3 Å². The first-order valence-electron chi connectivity index (χ1n) is 3.33. The lowest BCUT2D eigenvalue weighted by atomic mass is 10.2. The number of esters is 1. The molecule has 0 aliphatic heterocycles. The van der Waals surface area contributed by atoms with Crippen molar-refractivity contribution in [1.29, 1.82) is 5.26 Å². The van der Waals surface area contributed by atoms with Crippen LogP contribution in [0.25, 0.3) is 0 Å². The molecule has 0 saturated carbocycles. The van der Waals surface area contributed by atoms with Gasteiger partial charge in [0.1, 0.15) is 6.07 Å². The first-order valence-corrected chi connectivity index (χ1v) is 4.27. The molecule has 0 amide bonds. The maximum atomic E-state index is 10.5. The van der Waals surface area contributed by atoms with Crippen molar-refractivity contribution in [3.05, 3.63) is 22.4 Å². The fourth-order valence-electron chi connectivity index (χ4n) is 0.759. The lowest BCUT2D eigenvalue weighted by Gasteiger charge is -2.05. The van der Waals surface area contributed by atoms with Crippen LogP contribution < -0.4 is 0 Å². The number of hydrogen-bond acceptors (Lipinski definition) is 4. The molecule has 1 rings (SSSR count). The summed E-state index contributed by atoms with van der Waals surface area (Å²) in [5.74, 6) is -0.437. The van der Waals surface area contributed by atoms with Crippen LogP contribution in [0.1, 0.15) is 18.6 Å². The molecule has 0 aliphatic rings. The summed E-state index contributed by atoms with van der Waals surface area (Å²) in [6.07, 6.45) is -0.756. The third kappa shape index (κ3) is 2.07. The van der Waals surface area contributed by atoms with Crippen molar-refractivity contribution in [3.63, 3.8) is 0 Å². The fraction of sp³-hybridized carbons (Fsp3) is 0.250. The molecule has 0 bridgehead atoms. The topological polar surface area (TPSA) is 50.1 Å². The number of nitriles is 1. The van der Waals surface area contributed by atoms with Gasteiger partial charge in [-0.1, -0.05) is 0 Å². The SMILES string of the molecule is CC(=O)OC(C#N)c1ccsc1. The second-order valence-electron chi connectivity index (χ2n) is 2.18. The lowest BCUT2D eigenvalue weighted by Crippen LogP contribution is -2.05. The highest BCUT2D eigenvalue weighted by molar-refractivity contribution is 7.07. The normalized spacial score (nSPS) is 11.7. The van der Waals surface area contributed by atoms with Crippen molar-refractivity contribution in [3.8, 4) is 6.07 Å². The summed E-state index contributed by atoms with van der Waals surface area (Å²) in [6.45, 7) is 1.29. The van der Waals surface area contributed by atoms with Gasteiger partial charge in [-0.3, -0.25) is 4.79 Å². The van der Waals surface area contributed by atoms with Gasteiger partial charge < -0.3 is 4.74 Å². The van der Waals surface area contributed by atoms with E-state index in [1.807, 2.05) is 11.4 Å². The van der Waals surface area contributed by atoms with Crippen LogP contribution in [0.5, 0.6) is 0 Å². The van der Waals surface area contributed by atoms with Gasteiger partial charge in [0.2, 0.25) is 6.10 Å². The zero-order valence-corrected chi connectivity index (χ0v) is 7.30. The highest BCUT2D eigenvalue weighted by atomic mass is 32.1. The molecule has 4 heteroatoms. The Kier molecular flexibility index (Phi) is 2.83. The summed E-state index contributed by atoms with van der Waals surface area (Å²) in [4.78, 5) is 10.5. The minimum atomic E-state index is -0.756. The van der Waals surface area contributed by atoms with Crippen molar-refractivity contribution >= 4 is 17.3 Å². The molecule has 3 nitrogen and oxygen atoms in total. The molecule has 0 aromatic carbocycles. The number of ether oxygens (including phenoxy) is 1. The second kappa shape index (κ2) is 3.88. The smallest absolute Gasteiger partial charge is 0.304 e. The largest absolute Gasteiger partial charge is 0.442 e. The minimum Gasteiger partial charge on any atom is -0.442 e. The van der Waals surface area contributed by atoms with Gasteiger partial charge in [-0.15, -0.1) is 0 Å². The van der Waals surface area contributed by atoms with E-state index in [0.717, 1.165) is 5.56 Å². The third-order valence-electron chi connectivity index (χ3n) is 1.25. The molecule has 1 heterocycles. The number of hydrogen-bond donors (Lipinski definition) is 0. The van der Waals surface area contributed by atoms with Gasteiger partial charge >= 0.3 is 5.97 Å². The average Bonchev–Trinajstić information content (AvgIpc) is 2.51. The molecule has 1 aromatic heterocycles. The average molecular weight is 181 g/mol. The Bertz CT molecular complexity index is 299. The molecule has 0 radical (unpaired) electrons. The summed E-state index contributed by atoms with van der Waals surface area (Å²) in [5.41, 5.74) is 0.734. The molecule has 62 valence electrons. The molecule has 0 fully saturated rings. The molecular formula is C8H7NO2S. The van der Waals surface area contributed by atoms with E-state index in [1.54, 1.807) is 11.4 Å². The molecule has 12 heavy (non-hydrogen) atoms. The molecule has 0 saturated heterocycles. The Morgan fingerprint density at radius 3 is 3.00 bits per heavy atom. The first kappa shape index (κ1) is 8.75. The fourth-order valence-corrected chi connectivity index (χ4v) is 1.43. The molecular weight excluding hydrogens is 174 g/mol. The van der Waals surface area contributed by atoms with Crippen molar-refractivity contribution in [2.45, 2.75) is 13.0 Å². The highest BCUT2D eigenvalue weighted by Gasteiger charge is 2.12. The van der Waals surface area contributed by atoms with Gasteiger partial charge in [0.05, 0.1) is 0 Å².